The molecule has 1 aliphatic heterocycles. The summed E-state index contributed by atoms with van der Waals surface area (Å²) in [6.45, 7) is 0. The zero-order valence-electron chi connectivity index (χ0n) is 30.3. The summed E-state index contributed by atoms with van der Waals surface area (Å²) in [5, 5.41) is 2.48. The van der Waals surface area contributed by atoms with Gasteiger partial charge in [-0.15, -0.1) is 0 Å². The van der Waals surface area contributed by atoms with E-state index in [1.165, 1.54) is 27.4 Å². The number of rotatable bonds is 6. The Labute approximate surface area is 324 Å². The topological polar surface area (TPSA) is 52.8 Å². The van der Waals surface area contributed by atoms with E-state index in [0.29, 0.717) is 17.5 Å². The van der Waals surface area contributed by atoms with Gasteiger partial charge in [-0.05, 0) is 64.7 Å². The van der Waals surface area contributed by atoms with Gasteiger partial charge in [0, 0.05) is 39.0 Å². The van der Waals surface area contributed by atoms with Gasteiger partial charge in [0.05, 0.1) is 16.7 Å². The lowest BCUT2D eigenvalue weighted by Gasteiger charge is -2.20. The summed E-state index contributed by atoms with van der Waals surface area (Å²) in [5.74, 6) is 2.77. The molecule has 2 atom stereocenters. The minimum atomic E-state index is -0.217. The van der Waals surface area contributed by atoms with Crippen molar-refractivity contribution in [2.45, 2.75) is 12.0 Å². The van der Waals surface area contributed by atoms with Crippen molar-refractivity contribution in [3.05, 3.63) is 206 Å². The molecule has 11 rings (SSSR count). The minimum absolute atomic E-state index is 0.0239. The van der Waals surface area contributed by atoms with Crippen molar-refractivity contribution in [1.29, 1.82) is 0 Å². The van der Waals surface area contributed by atoms with E-state index in [2.05, 4.69) is 187 Å². The highest BCUT2D eigenvalue weighted by Gasteiger charge is 2.37. The lowest BCUT2D eigenvalue weighted by molar-refractivity contribution is 0.269. The van der Waals surface area contributed by atoms with Crippen molar-refractivity contribution < 1.29 is 4.74 Å². The summed E-state index contributed by atoms with van der Waals surface area (Å²) >= 11 is 0. The van der Waals surface area contributed by atoms with Crippen LogP contribution in [-0.2, 0) is 0 Å². The Morgan fingerprint density at radius 2 is 0.946 bits per heavy atom. The average Bonchev–Trinajstić information content (AvgIpc) is 3.83. The van der Waals surface area contributed by atoms with Crippen LogP contribution >= 0.6 is 0 Å². The van der Waals surface area contributed by atoms with Gasteiger partial charge in [0.1, 0.15) is 11.9 Å². The number of hydrogen-bond acceptors (Lipinski definition) is 4. The summed E-state index contributed by atoms with van der Waals surface area (Å²) in [4.78, 5) is 15.4. The highest BCUT2D eigenvalue weighted by Crippen LogP contribution is 2.47. The SMILES string of the molecule is C1=CC2c3c(cccc3-n3c4ccccc4c4ccccc43)OC2C=C1c1nc(-c2cccc(-c3ccccc3)c2)nc(-c2cccc(-c3ccccc3)c2)n1. The van der Waals surface area contributed by atoms with E-state index < -0.39 is 0 Å². The second-order valence-electron chi connectivity index (χ2n) is 14.3. The van der Waals surface area contributed by atoms with Gasteiger partial charge in [-0.3, -0.25) is 0 Å². The fraction of sp³-hybridized carbons (Fsp3) is 0.0392. The summed E-state index contributed by atoms with van der Waals surface area (Å²) in [6.07, 6.45) is 6.39. The molecule has 0 amide bonds. The zero-order valence-corrected chi connectivity index (χ0v) is 30.3. The van der Waals surface area contributed by atoms with Gasteiger partial charge < -0.3 is 9.30 Å². The molecule has 0 fully saturated rings. The van der Waals surface area contributed by atoms with Crippen LogP contribution in [0.2, 0.25) is 0 Å². The van der Waals surface area contributed by atoms with Crippen LogP contribution in [0.5, 0.6) is 5.75 Å². The monoisotopic (exact) mass is 718 g/mol. The molecule has 5 nitrogen and oxygen atoms in total. The van der Waals surface area contributed by atoms with Crippen LogP contribution in [0.1, 0.15) is 17.3 Å². The maximum absolute atomic E-state index is 6.77. The highest BCUT2D eigenvalue weighted by atomic mass is 16.5. The van der Waals surface area contributed by atoms with Gasteiger partial charge >= 0.3 is 0 Å². The molecule has 0 saturated carbocycles. The lowest BCUT2D eigenvalue weighted by atomic mass is 9.88. The summed E-state index contributed by atoms with van der Waals surface area (Å²) in [6, 6.07) is 61.4. The van der Waals surface area contributed by atoms with Crippen molar-refractivity contribution in [2.24, 2.45) is 0 Å². The van der Waals surface area contributed by atoms with Crippen LogP contribution in [0.15, 0.2) is 194 Å². The van der Waals surface area contributed by atoms with E-state index in [1.54, 1.807) is 0 Å². The largest absolute Gasteiger partial charge is 0.485 e. The van der Waals surface area contributed by atoms with Crippen molar-refractivity contribution in [3.63, 3.8) is 0 Å². The maximum atomic E-state index is 6.77. The summed E-state index contributed by atoms with van der Waals surface area (Å²) in [5.41, 5.74) is 11.9. The number of ether oxygens (including phenoxy) is 1. The Bertz CT molecular complexity index is 2860. The normalized spacial score (nSPS) is 15.7. The predicted octanol–water partition coefficient (Wildman–Crippen LogP) is 12.1. The molecule has 0 bridgehead atoms. The predicted molar refractivity (Wildman–Crippen MR) is 227 cm³/mol. The number of fused-ring (bicyclic) bond motifs is 6. The molecule has 264 valence electrons. The number of allylic oxidation sites excluding steroid dienone is 2. The van der Waals surface area contributed by atoms with Crippen LogP contribution in [-0.4, -0.2) is 25.6 Å². The Morgan fingerprint density at radius 3 is 1.55 bits per heavy atom. The van der Waals surface area contributed by atoms with Crippen molar-refractivity contribution in [1.82, 2.24) is 19.5 Å². The van der Waals surface area contributed by atoms with Crippen molar-refractivity contribution in [3.8, 4) is 56.5 Å². The van der Waals surface area contributed by atoms with Gasteiger partial charge in [-0.1, -0.05) is 152 Å². The average molecular weight is 719 g/mol. The quantitative estimate of drug-likeness (QED) is 0.172. The van der Waals surface area contributed by atoms with Crippen LogP contribution < -0.4 is 4.74 Å². The van der Waals surface area contributed by atoms with Crippen LogP contribution in [0.4, 0.5) is 0 Å². The standard InChI is InChI=1S/C51H34N4O/c1-3-14-33(15-4-1)35-18-11-20-37(30-35)49-52-50(38-21-12-19-36(31-38)34-16-5-2-6-17-34)54-51(53-49)39-28-29-42-47(32-39)56-46-27-13-26-45(48(42)46)55-43-24-9-7-22-40(43)41-23-8-10-25-44(41)55/h1-32,42,47H. The van der Waals surface area contributed by atoms with Crippen molar-refractivity contribution in [2.75, 3.05) is 0 Å². The molecule has 1 aliphatic carbocycles. The fourth-order valence-corrected chi connectivity index (χ4v) is 8.36. The lowest BCUT2D eigenvalue weighted by Crippen LogP contribution is -2.18. The number of aromatic nitrogens is 4. The van der Waals surface area contributed by atoms with Gasteiger partial charge in [0.2, 0.25) is 0 Å². The molecule has 0 spiro atoms. The second kappa shape index (κ2) is 13.2. The molecule has 2 aromatic heterocycles. The number of hydrogen-bond donors (Lipinski definition) is 0. The zero-order chi connectivity index (χ0) is 37.0. The first-order valence-corrected chi connectivity index (χ1v) is 19.0. The van der Waals surface area contributed by atoms with E-state index in [0.717, 1.165) is 50.4 Å². The highest BCUT2D eigenvalue weighted by molar-refractivity contribution is 6.09. The van der Waals surface area contributed by atoms with E-state index >= 15 is 0 Å². The molecule has 7 aromatic carbocycles. The molecule has 3 heterocycles. The Morgan fingerprint density at radius 1 is 0.446 bits per heavy atom. The molecule has 0 N–H and O–H groups in total. The molecule has 56 heavy (non-hydrogen) atoms. The third-order valence-electron chi connectivity index (χ3n) is 11.0. The van der Waals surface area contributed by atoms with Gasteiger partial charge in [0.25, 0.3) is 0 Å². The van der Waals surface area contributed by atoms with Gasteiger partial charge in [-0.2, -0.15) is 0 Å². The van der Waals surface area contributed by atoms with E-state index in [-0.39, 0.29) is 12.0 Å². The van der Waals surface area contributed by atoms with Crippen LogP contribution in [0.3, 0.4) is 0 Å². The van der Waals surface area contributed by atoms with Crippen molar-refractivity contribution >= 4 is 27.4 Å². The number of nitrogens with zero attached hydrogens (tertiary/aromatic N) is 4. The smallest absolute Gasteiger partial charge is 0.164 e. The molecular formula is C51H34N4O. The van der Waals surface area contributed by atoms with Crippen LogP contribution in [0, 0.1) is 0 Å². The molecule has 5 heteroatoms. The third kappa shape index (κ3) is 5.44. The third-order valence-corrected chi connectivity index (χ3v) is 11.0. The Kier molecular flexibility index (Phi) is 7.56. The Balaban J connectivity index is 1.02. The maximum Gasteiger partial charge on any atom is 0.164 e. The summed E-state index contributed by atoms with van der Waals surface area (Å²) in [7, 11) is 0. The Hall–Kier alpha value is -7.37. The first-order valence-electron chi connectivity index (χ1n) is 19.0. The fourth-order valence-electron chi connectivity index (χ4n) is 8.36. The van der Waals surface area contributed by atoms with Crippen LogP contribution in [0.25, 0.3) is 78.1 Å². The first-order chi connectivity index (χ1) is 27.7. The summed E-state index contributed by atoms with van der Waals surface area (Å²) < 4.78 is 9.16. The molecule has 0 saturated heterocycles. The second-order valence-corrected chi connectivity index (χ2v) is 14.3. The molecule has 9 aromatic rings. The molecule has 2 aliphatic rings. The van der Waals surface area contributed by atoms with E-state index in [4.69, 9.17) is 19.7 Å². The van der Waals surface area contributed by atoms with Gasteiger partial charge in [-0.25, -0.2) is 15.0 Å². The van der Waals surface area contributed by atoms with E-state index in [9.17, 15) is 0 Å². The number of para-hydroxylation sites is 2. The minimum Gasteiger partial charge on any atom is -0.485 e. The molecular weight excluding hydrogens is 685 g/mol. The van der Waals surface area contributed by atoms with E-state index in [1.807, 2.05) is 12.1 Å². The number of benzene rings is 7. The molecule has 0 radical (unpaired) electrons. The molecule has 2 unspecified atom stereocenters. The van der Waals surface area contributed by atoms with Gasteiger partial charge in [0.15, 0.2) is 17.5 Å². The first kappa shape index (κ1) is 32.1.